The molecule has 0 heterocycles. The van der Waals surface area contributed by atoms with Crippen LogP contribution in [0.5, 0.6) is 0 Å². The number of carbonyl (C=O) groups is 2. The highest BCUT2D eigenvalue weighted by atomic mass is 19.2. The van der Waals surface area contributed by atoms with Gasteiger partial charge in [-0.15, -0.1) is 0 Å². The maximum Gasteiger partial charge on any atom is 0.252 e. The maximum absolute atomic E-state index is 13.0. The lowest BCUT2D eigenvalue weighted by Crippen LogP contribution is -2.45. The van der Waals surface area contributed by atoms with Crippen molar-refractivity contribution in [3.05, 3.63) is 35.1 Å². The van der Waals surface area contributed by atoms with Gasteiger partial charge in [-0.05, 0) is 25.5 Å². The number of benzene rings is 1. The molecule has 1 aromatic carbocycles. The Labute approximate surface area is 114 Å². The van der Waals surface area contributed by atoms with E-state index in [9.17, 15) is 22.8 Å². The third kappa shape index (κ3) is 3.97. The Balaban J connectivity index is 2.74. The number of hydrogen-bond donors (Lipinski definition) is 2. The molecule has 1 rings (SSSR count). The second-order valence-electron chi connectivity index (χ2n) is 4.24. The van der Waals surface area contributed by atoms with Crippen LogP contribution in [0.25, 0.3) is 0 Å². The minimum absolute atomic E-state index is 0.392. The first-order chi connectivity index (χ1) is 9.36. The first-order valence-corrected chi connectivity index (χ1v) is 6.10. The van der Waals surface area contributed by atoms with Crippen LogP contribution in [0.1, 0.15) is 30.6 Å². The second-order valence-corrected chi connectivity index (χ2v) is 4.24. The van der Waals surface area contributed by atoms with Gasteiger partial charge in [-0.25, -0.2) is 13.2 Å². The highest BCUT2D eigenvalue weighted by Gasteiger charge is 2.19. The summed E-state index contributed by atoms with van der Waals surface area (Å²) >= 11 is 0. The molecule has 1 unspecified atom stereocenters. The van der Waals surface area contributed by atoms with Gasteiger partial charge in [0.1, 0.15) is 6.04 Å². The smallest absolute Gasteiger partial charge is 0.252 e. The Morgan fingerprint density at radius 1 is 1.20 bits per heavy atom. The van der Waals surface area contributed by atoms with E-state index >= 15 is 0 Å². The summed E-state index contributed by atoms with van der Waals surface area (Å²) in [6, 6.07) is 0.277. The van der Waals surface area contributed by atoms with Crippen LogP contribution < -0.4 is 10.6 Å². The molecule has 0 saturated carbocycles. The van der Waals surface area contributed by atoms with Gasteiger partial charge in [0.25, 0.3) is 5.91 Å². The van der Waals surface area contributed by atoms with Crippen molar-refractivity contribution in [2.75, 3.05) is 6.54 Å². The third-order valence-corrected chi connectivity index (χ3v) is 2.54. The van der Waals surface area contributed by atoms with Crippen molar-refractivity contribution in [3.8, 4) is 0 Å². The molecule has 0 saturated heterocycles. The van der Waals surface area contributed by atoms with Crippen LogP contribution in [-0.2, 0) is 4.79 Å². The van der Waals surface area contributed by atoms with Crippen LogP contribution >= 0.6 is 0 Å². The van der Waals surface area contributed by atoms with Crippen LogP contribution in [0.15, 0.2) is 12.1 Å². The molecule has 0 radical (unpaired) electrons. The summed E-state index contributed by atoms with van der Waals surface area (Å²) in [5.41, 5.74) is -0.392. The van der Waals surface area contributed by atoms with E-state index in [4.69, 9.17) is 0 Å². The van der Waals surface area contributed by atoms with Crippen molar-refractivity contribution in [2.24, 2.45) is 0 Å². The van der Waals surface area contributed by atoms with Gasteiger partial charge in [0.15, 0.2) is 17.5 Å². The van der Waals surface area contributed by atoms with E-state index in [2.05, 4.69) is 10.6 Å². The van der Waals surface area contributed by atoms with Crippen molar-refractivity contribution >= 4 is 11.8 Å². The highest BCUT2D eigenvalue weighted by molar-refractivity contribution is 5.97. The van der Waals surface area contributed by atoms with Crippen molar-refractivity contribution in [1.82, 2.24) is 10.6 Å². The molecular formula is C13H15F3N2O2. The fraction of sp³-hybridized carbons (Fsp3) is 0.385. The van der Waals surface area contributed by atoms with Gasteiger partial charge in [-0.3, -0.25) is 9.59 Å². The SMILES string of the molecule is CCCNC(=O)C(C)NC(=O)c1cc(F)c(F)c(F)c1. The van der Waals surface area contributed by atoms with Crippen LogP contribution in [0.2, 0.25) is 0 Å². The van der Waals surface area contributed by atoms with Crippen molar-refractivity contribution < 1.29 is 22.8 Å². The minimum Gasteiger partial charge on any atom is -0.354 e. The van der Waals surface area contributed by atoms with Gasteiger partial charge in [0.05, 0.1) is 0 Å². The predicted molar refractivity (Wildman–Crippen MR) is 66.5 cm³/mol. The molecule has 0 aliphatic heterocycles. The molecule has 20 heavy (non-hydrogen) atoms. The molecule has 110 valence electrons. The Kier molecular flexibility index (Phi) is 5.54. The average Bonchev–Trinajstić information content (AvgIpc) is 2.41. The summed E-state index contributed by atoms with van der Waals surface area (Å²) < 4.78 is 38.7. The van der Waals surface area contributed by atoms with Crippen molar-refractivity contribution in [3.63, 3.8) is 0 Å². The third-order valence-electron chi connectivity index (χ3n) is 2.54. The summed E-state index contributed by atoms with van der Waals surface area (Å²) in [6.45, 7) is 3.76. The lowest BCUT2D eigenvalue weighted by molar-refractivity contribution is -0.122. The summed E-state index contributed by atoms with van der Waals surface area (Å²) in [5.74, 6) is -5.84. The van der Waals surface area contributed by atoms with E-state index in [1.165, 1.54) is 6.92 Å². The fourth-order valence-corrected chi connectivity index (χ4v) is 1.43. The topological polar surface area (TPSA) is 58.2 Å². The molecule has 0 fully saturated rings. The summed E-state index contributed by atoms with van der Waals surface area (Å²) in [5, 5.41) is 4.83. The maximum atomic E-state index is 13.0. The summed E-state index contributed by atoms with van der Waals surface area (Å²) in [6.07, 6.45) is 0.737. The molecule has 7 heteroatoms. The lowest BCUT2D eigenvalue weighted by atomic mass is 10.1. The number of nitrogens with one attached hydrogen (secondary N) is 2. The van der Waals surface area contributed by atoms with E-state index < -0.39 is 40.9 Å². The molecule has 2 amide bonds. The molecule has 0 bridgehead atoms. The zero-order valence-corrected chi connectivity index (χ0v) is 11.1. The van der Waals surface area contributed by atoms with Crippen molar-refractivity contribution in [2.45, 2.75) is 26.3 Å². The Bertz CT molecular complexity index is 497. The van der Waals surface area contributed by atoms with Gasteiger partial charge in [0, 0.05) is 12.1 Å². The molecule has 0 aliphatic rings. The van der Waals surface area contributed by atoms with E-state index in [1.807, 2.05) is 6.92 Å². The van der Waals surface area contributed by atoms with Gasteiger partial charge in [-0.2, -0.15) is 0 Å². The van der Waals surface area contributed by atoms with E-state index in [1.54, 1.807) is 0 Å². The van der Waals surface area contributed by atoms with E-state index in [0.717, 1.165) is 6.42 Å². The Hall–Kier alpha value is -2.05. The average molecular weight is 288 g/mol. The monoisotopic (exact) mass is 288 g/mol. The molecular weight excluding hydrogens is 273 g/mol. The van der Waals surface area contributed by atoms with Gasteiger partial charge in [0.2, 0.25) is 5.91 Å². The zero-order chi connectivity index (χ0) is 15.3. The van der Waals surface area contributed by atoms with Gasteiger partial charge in [-0.1, -0.05) is 6.92 Å². The first kappa shape index (κ1) is 16.0. The van der Waals surface area contributed by atoms with Crippen LogP contribution in [-0.4, -0.2) is 24.4 Å². The number of rotatable bonds is 5. The first-order valence-electron chi connectivity index (χ1n) is 6.10. The highest BCUT2D eigenvalue weighted by Crippen LogP contribution is 2.13. The lowest BCUT2D eigenvalue weighted by Gasteiger charge is -2.14. The van der Waals surface area contributed by atoms with Gasteiger partial charge >= 0.3 is 0 Å². The number of halogens is 3. The standard InChI is InChI=1S/C13H15F3N2O2/c1-3-4-17-12(19)7(2)18-13(20)8-5-9(14)11(16)10(15)6-8/h5-7H,3-4H2,1-2H3,(H,17,19)(H,18,20). The number of carbonyl (C=O) groups excluding carboxylic acids is 2. The fourth-order valence-electron chi connectivity index (χ4n) is 1.43. The predicted octanol–water partition coefficient (Wildman–Crippen LogP) is 1.75. The molecule has 4 nitrogen and oxygen atoms in total. The molecule has 1 atom stereocenters. The van der Waals surface area contributed by atoms with Crippen molar-refractivity contribution in [1.29, 1.82) is 0 Å². The quantitative estimate of drug-likeness (QED) is 0.811. The van der Waals surface area contributed by atoms with Crippen LogP contribution in [0.4, 0.5) is 13.2 Å². The number of amides is 2. The molecule has 2 N–H and O–H groups in total. The number of hydrogen-bond acceptors (Lipinski definition) is 2. The normalized spacial score (nSPS) is 11.8. The second kappa shape index (κ2) is 6.93. The van der Waals surface area contributed by atoms with E-state index in [-0.39, 0.29) is 0 Å². The summed E-state index contributed by atoms with van der Waals surface area (Å²) in [4.78, 5) is 23.2. The largest absolute Gasteiger partial charge is 0.354 e. The Morgan fingerprint density at radius 3 is 2.25 bits per heavy atom. The minimum atomic E-state index is -1.64. The molecule has 1 aromatic rings. The summed E-state index contributed by atoms with van der Waals surface area (Å²) in [7, 11) is 0. The van der Waals surface area contributed by atoms with Crippen LogP contribution in [0, 0.1) is 17.5 Å². The zero-order valence-electron chi connectivity index (χ0n) is 11.1. The Morgan fingerprint density at radius 2 is 1.75 bits per heavy atom. The molecule has 0 spiro atoms. The van der Waals surface area contributed by atoms with Crippen LogP contribution in [0.3, 0.4) is 0 Å². The molecule has 0 aromatic heterocycles. The van der Waals surface area contributed by atoms with E-state index in [0.29, 0.717) is 18.7 Å². The molecule has 0 aliphatic carbocycles. The van der Waals surface area contributed by atoms with Gasteiger partial charge < -0.3 is 10.6 Å².